The first-order chi connectivity index (χ1) is 17.1. The fraction of sp³-hybridized carbons (Fsp3) is 0.240. The van der Waals surface area contributed by atoms with Gasteiger partial charge >= 0.3 is 6.09 Å². The molecule has 0 saturated heterocycles. The third-order valence-electron chi connectivity index (χ3n) is 5.48. The Hall–Kier alpha value is -4.25. The SMILES string of the molecule is Cc1ncc(NC(=O)OC(C)(C)C)cc1NC(=O)c1cnn2cc(-c3cccc4c3cnn4C)sc12. The quantitative estimate of drug-likeness (QED) is 0.346. The normalized spacial score (nSPS) is 11.7. The van der Waals surface area contributed by atoms with Gasteiger partial charge in [0.2, 0.25) is 0 Å². The Labute approximate surface area is 210 Å². The van der Waals surface area contributed by atoms with Crippen molar-refractivity contribution in [2.24, 2.45) is 7.05 Å². The molecule has 0 radical (unpaired) electrons. The molecule has 0 spiro atoms. The van der Waals surface area contributed by atoms with Crippen LogP contribution in [0.25, 0.3) is 26.2 Å². The van der Waals surface area contributed by atoms with Gasteiger partial charge in [0.1, 0.15) is 10.4 Å². The van der Waals surface area contributed by atoms with Crippen LogP contribution < -0.4 is 10.6 Å². The highest BCUT2D eigenvalue weighted by molar-refractivity contribution is 7.21. The Kier molecular flexibility index (Phi) is 5.71. The van der Waals surface area contributed by atoms with Gasteiger partial charge in [-0.2, -0.15) is 10.2 Å². The van der Waals surface area contributed by atoms with E-state index in [4.69, 9.17) is 4.74 Å². The minimum atomic E-state index is -0.630. The smallest absolute Gasteiger partial charge is 0.412 e. The molecule has 0 bridgehead atoms. The number of hydrogen-bond acceptors (Lipinski definition) is 7. The highest BCUT2D eigenvalue weighted by atomic mass is 32.1. The molecule has 11 heteroatoms. The second-order valence-corrected chi connectivity index (χ2v) is 10.4. The zero-order valence-electron chi connectivity index (χ0n) is 20.5. The van der Waals surface area contributed by atoms with Gasteiger partial charge in [0, 0.05) is 24.2 Å². The predicted octanol–water partition coefficient (Wildman–Crippen LogP) is 5.25. The number of carbonyl (C=O) groups is 2. The highest BCUT2D eigenvalue weighted by Gasteiger charge is 2.20. The molecule has 4 heterocycles. The molecular weight excluding hydrogens is 478 g/mol. The van der Waals surface area contributed by atoms with Crippen LogP contribution in [0.1, 0.15) is 36.8 Å². The Balaban J connectivity index is 1.40. The number of pyridine rings is 1. The molecule has 0 aliphatic carbocycles. The topological polar surface area (TPSA) is 115 Å². The molecule has 0 unspecified atom stereocenters. The number of nitrogens with one attached hydrogen (secondary N) is 2. The van der Waals surface area contributed by atoms with Gasteiger partial charge in [-0.05, 0) is 39.8 Å². The zero-order valence-corrected chi connectivity index (χ0v) is 21.3. The van der Waals surface area contributed by atoms with E-state index in [2.05, 4.69) is 25.8 Å². The molecule has 0 aliphatic heterocycles. The highest BCUT2D eigenvalue weighted by Crippen LogP contribution is 2.35. The Morgan fingerprint density at radius 2 is 1.89 bits per heavy atom. The summed E-state index contributed by atoms with van der Waals surface area (Å²) in [6.07, 6.45) is 6.21. The van der Waals surface area contributed by atoms with Crippen molar-refractivity contribution >= 4 is 50.4 Å². The first kappa shape index (κ1) is 23.5. The summed E-state index contributed by atoms with van der Waals surface area (Å²) >= 11 is 1.48. The number of benzene rings is 1. The number of ether oxygens (including phenoxy) is 1. The zero-order chi connectivity index (χ0) is 25.6. The number of hydrogen-bond donors (Lipinski definition) is 2. The number of nitrogens with zero attached hydrogens (tertiary/aromatic N) is 5. The van der Waals surface area contributed by atoms with Crippen LogP contribution in [-0.4, -0.2) is 42.0 Å². The summed E-state index contributed by atoms with van der Waals surface area (Å²) < 4.78 is 8.82. The fourth-order valence-electron chi connectivity index (χ4n) is 3.80. The van der Waals surface area contributed by atoms with Gasteiger partial charge < -0.3 is 10.1 Å². The van der Waals surface area contributed by atoms with E-state index in [0.29, 0.717) is 22.6 Å². The maximum Gasteiger partial charge on any atom is 0.412 e. The summed E-state index contributed by atoms with van der Waals surface area (Å²) in [5, 5.41) is 15.3. The first-order valence-electron chi connectivity index (χ1n) is 11.3. The summed E-state index contributed by atoms with van der Waals surface area (Å²) in [7, 11) is 1.91. The van der Waals surface area contributed by atoms with E-state index in [1.807, 2.05) is 42.3 Å². The molecule has 10 nitrogen and oxygen atoms in total. The molecule has 1 aromatic carbocycles. The van der Waals surface area contributed by atoms with Gasteiger partial charge in [0.05, 0.1) is 51.6 Å². The van der Waals surface area contributed by atoms with E-state index in [1.54, 1.807) is 44.5 Å². The van der Waals surface area contributed by atoms with Crippen molar-refractivity contribution < 1.29 is 14.3 Å². The van der Waals surface area contributed by atoms with Crippen LogP contribution in [0, 0.1) is 6.92 Å². The Morgan fingerprint density at radius 3 is 2.67 bits per heavy atom. The average molecular weight is 504 g/mol. The van der Waals surface area contributed by atoms with Crippen molar-refractivity contribution in [2.45, 2.75) is 33.3 Å². The maximum absolute atomic E-state index is 13.2. The number of anilines is 2. The van der Waals surface area contributed by atoms with E-state index in [9.17, 15) is 9.59 Å². The van der Waals surface area contributed by atoms with Crippen molar-refractivity contribution in [3.8, 4) is 10.4 Å². The standard InChI is InChI=1S/C25H25N7O3S/c1-14-19(9-15(10-26-14)29-24(34)35-25(2,3)4)30-22(33)18-12-28-32-13-21(36-23(18)32)16-7-6-8-20-17(16)11-27-31(20)5/h6-13H,1-5H3,(H,29,34)(H,30,33). The summed E-state index contributed by atoms with van der Waals surface area (Å²) in [5.41, 5.74) is 3.36. The van der Waals surface area contributed by atoms with E-state index < -0.39 is 11.7 Å². The molecule has 2 amide bonds. The Morgan fingerprint density at radius 1 is 1.08 bits per heavy atom. The van der Waals surface area contributed by atoms with Crippen LogP contribution in [0.4, 0.5) is 16.2 Å². The average Bonchev–Trinajstić information content (AvgIpc) is 3.49. The van der Waals surface area contributed by atoms with Gasteiger partial charge in [-0.25, -0.2) is 9.31 Å². The number of aromatic nitrogens is 5. The van der Waals surface area contributed by atoms with Gasteiger partial charge in [-0.3, -0.25) is 19.8 Å². The van der Waals surface area contributed by atoms with Gasteiger partial charge in [-0.15, -0.1) is 11.3 Å². The van der Waals surface area contributed by atoms with Crippen molar-refractivity contribution in [1.82, 2.24) is 24.4 Å². The number of thiazole rings is 1. The fourth-order valence-corrected chi connectivity index (χ4v) is 4.90. The molecule has 0 aliphatic rings. The van der Waals surface area contributed by atoms with E-state index in [1.165, 1.54) is 17.5 Å². The number of carbonyl (C=O) groups excluding carboxylic acids is 2. The summed E-state index contributed by atoms with van der Waals surface area (Å²) in [5.74, 6) is -0.322. The monoisotopic (exact) mass is 503 g/mol. The van der Waals surface area contributed by atoms with Crippen LogP contribution in [0.15, 0.2) is 49.1 Å². The van der Waals surface area contributed by atoms with E-state index >= 15 is 0 Å². The number of fused-ring (bicyclic) bond motifs is 2. The number of aryl methyl sites for hydroxylation is 2. The molecule has 4 aromatic heterocycles. The van der Waals surface area contributed by atoms with Crippen LogP contribution in [0.3, 0.4) is 0 Å². The van der Waals surface area contributed by atoms with Crippen molar-refractivity contribution in [3.63, 3.8) is 0 Å². The maximum atomic E-state index is 13.2. The lowest BCUT2D eigenvalue weighted by atomic mass is 10.1. The van der Waals surface area contributed by atoms with Crippen LogP contribution >= 0.6 is 11.3 Å². The minimum Gasteiger partial charge on any atom is -0.444 e. The molecule has 0 atom stereocenters. The van der Waals surface area contributed by atoms with Crippen molar-refractivity contribution in [1.29, 1.82) is 0 Å². The largest absolute Gasteiger partial charge is 0.444 e. The van der Waals surface area contributed by atoms with E-state index in [-0.39, 0.29) is 5.91 Å². The molecular formula is C25H25N7O3S. The molecule has 0 fully saturated rings. The summed E-state index contributed by atoms with van der Waals surface area (Å²) in [4.78, 5) is 31.3. The van der Waals surface area contributed by atoms with Crippen LogP contribution in [-0.2, 0) is 11.8 Å². The molecule has 2 N–H and O–H groups in total. The van der Waals surface area contributed by atoms with Crippen LogP contribution in [0.5, 0.6) is 0 Å². The third kappa shape index (κ3) is 4.52. The number of rotatable bonds is 4. The van der Waals surface area contributed by atoms with Crippen molar-refractivity contribution in [3.05, 3.63) is 60.3 Å². The first-order valence-corrected chi connectivity index (χ1v) is 12.1. The summed E-state index contributed by atoms with van der Waals surface area (Å²) in [6, 6.07) is 7.69. The van der Waals surface area contributed by atoms with Gasteiger partial charge in [0.25, 0.3) is 5.91 Å². The van der Waals surface area contributed by atoms with Crippen LogP contribution in [0.2, 0.25) is 0 Å². The lowest BCUT2D eigenvalue weighted by molar-refractivity contribution is 0.0635. The van der Waals surface area contributed by atoms with Crippen molar-refractivity contribution in [2.75, 3.05) is 10.6 Å². The molecule has 0 saturated carbocycles. The molecule has 36 heavy (non-hydrogen) atoms. The lowest BCUT2D eigenvalue weighted by Gasteiger charge is -2.19. The minimum absolute atomic E-state index is 0.322. The molecule has 184 valence electrons. The predicted molar refractivity (Wildman–Crippen MR) is 140 cm³/mol. The lowest BCUT2D eigenvalue weighted by Crippen LogP contribution is -2.27. The molecule has 5 rings (SSSR count). The van der Waals surface area contributed by atoms with E-state index in [0.717, 1.165) is 26.2 Å². The van der Waals surface area contributed by atoms with Gasteiger partial charge in [-0.1, -0.05) is 12.1 Å². The third-order valence-corrected chi connectivity index (χ3v) is 6.62. The summed E-state index contributed by atoms with van der Waals surface area (Å²) in [6.45, 7) is 7.13. The molecule has 5 aromatic rings. The second kappa shape index (κ2) is 8.76. The Bertz CT molecular complexity index is 1620. The number of amides is 2. The van der Waals surface area contributed by atoms with Gasteiger partial charge in [0.15, 0.2) is 0 Å². The second-order valence-electron chi connectivity index (χ2n) is 9.35.